The predicted octanol–water partition coefficient (Wildman–Crippen LogP) is 1.54. The molecule has 2 N–H and O–H groups in total. The van der Waals surface area contributed by atoms with E-state index in [4.69, 9.17) is 5.73 Å². The number of nitrogens with two attached hydrogens (primary N) is 1. The van der Waals surface area contributed by atoms with Gasteiger partial charge in [-0.15, -0.1) is 0 Å². The highest BCUT2D eigenvalue weighted by molar-refractivity contribution is 7.98. The Morgan fingerprint density at radius 3 is 2.78 bits per heavy atom. The third-order valence-electron chi connectivity index (χ3n) is 3.36. The molecular formula is C13H22N4S. The molecule has 0 bridgehead atoms. The lowest BCUT2D eigenvalue weighted by Crippen LogP contribution is -2.46. The molecule has 1 fully saturated rings. The van der Waals surface area contributed by atoms with Gasteiger partial charge < -0.3 is 10.6 Å². The van der Waals surface area contributed by atoms with Crippen LogP contribution in [0.5, 0.6) is 0 Å². The predicted molar refractivity (Wildman–Crippen MR) is 80.3 cm³/mol. The quantitative estimate of drug-likeness (QED) is 0.819. The Morgan fingerprint density at radius 2 is 2.11 bits per heavy atom. The van der Waals surface area contributed by atoms with E-state index in [2.05, 4.69) is 21.0 Å². The number of nitrogens with zero attached hydrogens (tertiary/aromatic N) is 3. The second kappa shape index (κ2) is 6.85. The summed E-state index contributed by atoms with van der Waals surface area (Å²) in [5, 5.41) is 0. The summed E-state index contributed by atoms with van der Waals surface area (Å²) in [5.41, 5.74) is 7.88. The van der Waals surface area contributed by atoms with Crippen LogP contribution >= 0.6 is 11.8 Å². The number of hydrogen-bond acceptors (Lipinski definition) is 5. The minimum Gasteiger partial charge on any atom is -0.396 e. The van der Waals surface area contributed by atoms with Crippen LogP contribution in [0.3, 0.4) is 0 Å². The minimum atomic E-state index is 0.785. The highest BCUT2D eigenvalue weighted by Crippen LogP contribution is 2.22. The van der Waals surface area contributed by atoms with Gasteiger partial charge >= 0.3 is 0 Å². The van der Waals surface area contributed by atoms with Crippen LogP contribution in [0.4, 0.5) is 11.4 Å². The van der Waals surface area contributed by atoms with Crippen LogP contribution in [0.2, 0.25) is 0 Å². The monoisotopic (exact) mass is 266 g/mol. The summed E-state index contributed by atoms with van der Waals surface area (Å²) < 4.78 is 0. The second-order valence-corrected chi connectivity index (χ2v) is 5.60. The molecule has 5 heteroatoms. The molecule has 1 aromatic rings. The van der Waals surface area contributed by atoms with Crippen LogP contribution in [0.25, 0.3) is 0 Å². The van der Waals surface area contributed by atoms with Crippen LogP contribution in [0.15, 0.2) is 18.5 Å². The molecule has 0 aromatic carbocycles. The van der Waals surface area contributed by atoms with Crippen LogP contribution in [-0.4, -0.2) is 54.6 Å². The van der Waals surface area contributed by atoms with Crippen molar-refractivity contribution in [1.29, 1.82) is 0 Å². The highest BCUT2D eigenvalue weighted by Gasteiger charge is 2.17. The topological polar surface area (TPSA) is 45.4 Å². The molecule has 18 heavy (non-hydrogen) atoms. The van der Waals surface area contributed by atoms with E-state index in [-0.39, 0.29) is 0 Å². The van der Waals surface area contributed by atoms with E-state index >= 15 is 0 Å². The first kappa shape index (κ1) is 13.5. The summed E-state index contributed by atoms with van der Waals surface area (Å²) in [5.74, 6) is 1.26. The zero-order chi connectivity index (χ0) is 12.8. The van der Waals surface area contributed by atoms with Crippen molar-refractivity contribution in [2.75, 3.05) is 55.4 Å². The summed E-state index contributed by atoms with van der Waals surface area (Å²) in [6.07, 6.45) is 7.01. The van der Waals surface area contributed by atoms with E-state index in [1.807, 2.05) is 24.0 Å². The Hall–Kier alpha value is -0.940. The largest absolute Gasteiger partial charge is 0.396 e. The third-order valence-corrected chi connectivity index (χ3v) is 4.06. The van der Waals surface area contributed by atoms with Crippen molar-refractivity contribution in [2.24, 2.45) is 0 Å². The van der Waals surface area contributed by atoms with Gasteiger partial charge in [-0.1, -0.05) is 0 Å². The van der Waals surface area contributed by atoms with E-state index in [0.29, 0.717) is 0 Å². The summed E-state index contributed by atoms with van der Waals surface area (Å²) in [4.78, 5) is 8.95. The van der Waals surface area contributed by atoms with E-state index < -0.39 is 0 Å². The molecule has 2 rings (SSSR count). The minimum absolute atomic E-state index is 0.785. The average molecular weight is 266 g/mol. The van der Waals surface area contributed by atoms with Gasteiger partial charge in [0.05, 0.1) is 17.6 Å². The number of thioether (sulfide) groups is 1. The molecule has 100 valence electrons. The van der Waals surface area contributed by atoms with Gasteiger partial charge in [-0.3, -0.25) is 9.88 Å². The first-order valence-corrected chi connectivity index (χ1v) is 7.86. The van der Waals surface area contributed by atoms with Gasteiger partial charge in [0.2, 0.25) is 0 Å². The Labute approximate surface area is 114 Å². The standard InChI is InChI=1S/C13H22N4S/c1-18-10-2-5-16-6-8-17(9-7-16)13-3-4-15-11-12(13)14/h3-4,11H,2,5-10,14H2,1H3. The lowest BCUT2D eigenvalue weighted by atomic mass is 10.2. The Balaban J connectivity index is 1.81. The molecule has 1 saturated heterocycles. The highest BCUT2D eigenvalue weighted by atomic mass is 32.2. The van der Waals surface area contributed by atoms with Crippen molar-refractivity contribution in [3.8, 4) is 0 Å². The van der Waals surface area contributed by atoms with Crippen LogP contribution in [-0.2, 0) is 0 Å². The van der Waals surface area contributed by atoms with Crippen molar-refractivity contribution < 1.29 is 0 Å². The van der Waals surface area contributed by atoms with Gasteiger partial charge in [0.15, 0.2) is 0 Å². The van der Waals surface area contributed by atoms with Gasteiger partial charge in [-0.05, 0) is 31.0 Å². The molecule has 0 amide bonds. The fourth-order valence-corrected chi connectivity index (χ4v) is 2.75. The van der Waals surface area contributed by atoms with Crippen molar-refractivity contribution in [1.82, 2.24) is 9.88 Å². The van der Waals surface area contributed by atoms with E-state index in [9.17, 15) is 0 Å². The van der Waals surface area contributed by atoms with Crippen LogP contribution in [0.1, 0.15) is 6.42 Å². The van der Waals surface area contributed by atoms with Crippen LogP contribution in [0, 0.1) is 0 Å². The Morgan fingerprint density at radius 1 is 1.33 bits per heavy atom. The third kappa shape index (κ3) is 3.53. The van der Waals surface area contributed by atoms with Gasteiger partial charge in [0.25, 0.3) is 0 Å². The number of piperazine rings is 1. The number of anilines is 2. The molecule has 1 aliphatic rings. The van der Waals surface area contributed by atoms with Crippen molar-refractivity contribution in [2.45, 2.75) is 6.42 Å². The van der Waals surface area contributed by atoms with Gasteiger partial charge in [-0.2, -0.15) is 11.8 Å². The SMILES string of the molecule is CSCCCN1CCN(c2ccncc2N)CC1. The van der Waals surface area contributed by atoms with Gasteiger partial charge in [0, 0.05) is 32.4 Å². The molecule has 2 heterocycles. The first-order valence-electron chi connectivity index (χ1n) is 6.47. The lowest BCUT2D eigenvalue weighted by molar-refractivity contribution is 0.259. The second-order valence-electron chi connectivity index (χ2n) is 4.61. The molecule has 0 atom stereocenters. The summed E-state index contributed by atoms with van der Waals surface area (Å²) in [6.45, 7) is 5.62. The Kier molecular flexibility index (Phi) is 5.13. The average Bonchev–Trinajstić information content (AvgIpc) is 2.41. The number of pyridine rings is 1. The van der Waals surface area contributed by atoms with E-state index in [1.54, 1.807) is 6.20 Å². The molecule has 0 saturated carbocycles. The summed E-state index contributed by atoms with van der Waals surface area (Å²) in [7, 11) is 0. The molecule has 0 unspecified atom stereocenters. The fraction of sp³-hybridized carbons (Fsp3) is 0.615. The normalized spacial score (nSPS) is 17.1. The Bertz CT molecular complexity index is 364. The maximum atomic E-state index is 5.96. The molecule has 1 aromatic heterocycles. The molecule has 0 spiro atoms. The smallest absolute Gasteiger partial charge is 0.0738 e. The summed E-state index contributed by atoms with van der Waals surface area (Å²) in [6, 6.07) is 2.01. The zero-order valence-corrected chi connectivity index (χ0v) is 11.8. The maximum absolute atomic E-state index is 5.96. The molecule has 0 radical (unpaired) electrons. The maximum Gasteiger partial charge on any atom is 0.0738 e. The molecule has 0 aliphatic carbocycles. The van der Waals surface area contributed by atoms with Crippen molar-refractivity contribution >= 4 is 23.1 Å². The first-order chi connectivity index (χ1) is 8.81. The number of nitrogen functional groups attached to an aromatic ring is 1. The molecule has 1 aliphatic heterocycles. The summed E-state index contributed by atoms with van der Waals surface area (Å²) >= 11 is 1.93. The van der Waals surface area contributed by atoms with Gasteiger partial charge in [-0.25, -0.2) is 0 Å². The lowest BCUT2D eigenvalue weighted by Gasteiger charge is -2.36. The fourth-order valence-electron chi connectivity index (χ4n) is 2.33. The van der Waals surface area contributed by atoms with Crippen molar-refractivity contribution in [3.63, 3.8) is 0 Å². The molecular weight excluding hydrogens is 244 g/mol. The zero-order valence-electron chi connectivity index (χ0n) is 11.0. The number of hydrogen-bond donors (Lipinski definition) is 1. The van der Waals surface area contributed by atoms with Crippen LogP contribution < -0.4 is 10.6 Å². The molecule has 4 nitrogen and oxygen atoms in total. The number of aromatic nitrogens is 1. The number of rotatable bonds is 5. The van der Waals surface area contributed by atoms with Gasteiger partial charge in [0.1, 0.15) is 0 Å². The van der Waals surface area contributed by atoms with E-state index in [1.165, 1.54) is 18.7 Å². The van der Waals surface area contributed by atoms with E-state index in [0.717, 1.165) is 37.6 Å². The van der Waals surface area contributed by atoms with Crippen molar-refractivity contribution in [3.05, 3.63) is 18.5 Å².